The molecule has 2 aromatic rings. The van der Waals surface area contributed by atoms with Crippen LogP contribution in [0.15, 0.2) is 12.3 Å². The van der Waals surface area contributed by atoms with Gasteiger partial charge in [0.25, 0.3) is 11.7 Å². The van der Waals surface area contributed by atoms with Crippen LogP contribution in [0.4, 0.5) is 0 Å². The summed E-state index contributed by atoms with van der Waals surface area (Å²) < 4.78 is 4.64. The molecule has 0 bridgehead atoms. The van der Waals surface area contributed by atoms with Crippen LogP contribution >= 0.6 is 0 Å². The molecule has 0 radical (unpaired) electrons. The van der Waals surface area contributed by atoms with Gasteiger partial charge in [0, 0.05) is 11.9 Å². The average molecular weight is 231 g/mol. The molecule has 0 saturated carbocycles. The van der Waals surface area contributed by atoms with Crippen molar-refractivity contribution in [1.82, 2.24) is 9.97 Å². The Labute approximate surface area is 98.3 Å². The number of H-pyrrole nitrogens is 1. The molecule has 5 nitrogen and oxygen atoms in total. The number of ketones is 1. The number of carbonyl (C=O) groups is 1. The van der Waals surface area contributed by atoms with Crippen LogP contribution in [0.1, 0.15) is 21.6 Å². The van der Waals surface area contributed by atoms with Crippen LogP contribution in [0.3, 0.4) is 0 Å². The SMILES string of the molecule is COC(=N)C(=O)c1c[nH]c2c(C)cc(C)nc12. The lowest BCUT2D eigenvalue weighted by molar-refractivity contribution is 0.103. The van der Waals surface area contributed by atoms with Gasteiger partial charge in [-0.1, -0.05) is 0 Å². The molecule has 0 saturated heterocycles. The number of aryl methyl sites for hydroxylation is 2. The summed E-state index contributed by atoms with van der Waals surface area (Å²) in [6, 6.07) is 1.94. The summed E-state index contributed by atoms with van der Waals surface area (Å²) in [4.78, 5) is 19.2. The standard InChI is InChI=1S/C12H13N3O2/c1-6-4-7(2)15-10-8(5-14-9(6)10)11(16)12(13)17-3/h4-5,13-14H,1-3H3. The largest absolute Gasteiger partial charge is 0.479 e. The Morgan fingerprint density at radius 2 is 2.18 bits per heavy atom. The Morgan fingerprint density at radius 1 is 1.47 bits per heavy atom. The Bertz CT molecular complexity index is 613. The van der Waals surface area contributed by atoms with Gasteiger partial charge in [-0.15, -0.1) is 0 Å². The molecule has 17 heavy (non-hydrogen) atoms. The van der Waals surface area contributed by atoms with E-state index in [4.69, 9.17) is 5.41 Å². The molecular weight excluding hydrogens is 218 g/mol. The molecular formula is C12H13N3O2. The first-order valence-electron chi connectivity index (χ1n) is 5.17. The number of pyridine rings is 1. The number of Topliss-reactive ketones (excluding diaryl/α,β-unsaturated/α-hetero) is 1. The molecule has 0 unspecified atom stereocenters. The monoisotopic (exact) mass is 231 g/mol. The Balaban J connectivity index is 2.64. The number of nitrogens with one attached hydrogen (secondary N) is 2. The number of aromatic amines is 1. The van der Waals surface area contributed by atoms with E-state index in [0.29, 0.717) is 11.1 Å². The normalized spacial score (nSPS) is 10.5. The molecule has 0 aromatic carbocycles. The number of rotatable bonds is 2. The molecule has 2 rings (SSSR count). The number of ether oxygens (including phenoxy) is 1. The van der Waals surface area contributed by atoms with Crippen LogP contribution < -0.4 is 0 Å². The van der Waals surface area contributed by atoms with Gasteiger partial charge < -0.3 is 9.72 Å². The summed E-state index contributed by atoms with van der Waals surface area (Å²) in [5.41, 5.74) is 3.65. The topological polar surface area (TPSA) is 78.8 Å². The second kappa shape index (κ2) is 4.01. The first kappa shape index (κ1) is 11.3. The van der Waals surface area contributed by atoms with Crippen LogP contribution in [0.2, 0.25) is 0 Å². The van der Waals surface area contributed by atoms with Crippen molar-refractivity contribution in [3.63, 3.8) is 0 Å². The summed E-state index contributed by atoms with van der Waals surface area (Å²) in [7, 11) is 1.30. The summed E-state index contributed by atoms with van der Waals surface area (Å²) in [5.74, 6) is -0.844. The van der Waals surface area contributed by atoms with Gasteiger partial charge in [0.15, 0.2) is 0 Å². The molecule has 0 aliphatic heterocycles. The van der Waals surface area contributed by atoms with Crippen molar-refractivity contribution in [3.8, 4) is 0 Å². The van der Waals surface area contributed by atoms with Crippen molar-refractivity contribution in [3.05, 3.63) is 29.1 Å². The molecule has 0 aliphatic rings. The van der Waals surface area contributed by atoms with Gasteiger partial charge in [-0.3, -0.25) is 15.2 Å². The molecule has 0 atom stereocenters. The summed E-state index contributed by atoms with van der Waals surface area (Å²) in [6.45, 7) is 3.82. The molecule has 5 heteroatoms. The minimum Gasteiger partial charge on any atom is -0.479 e. The van der Waals surface area contributed by atoms with Crippen molar-refractivity contribution in [2.24, 2.45) is 0 Å². The van der Waals surface area contributed by atoms with E-state index < -0.39 is 5.78 Å². The van der Waals surface area contributed by atoms with Crippen LogP contribution in [-0.4, -0.2) is 28.8 Å². The number of methoxy groups -OCH3 is 1. The van der Waals surface area contributed by atoms with E-state index in [1.807, 2.05) is 19.9 Å². The predicted molar refractivity (Wildman–Crippen MR) is 64.6 cm³/mol. The fraction of sp³-hybridized carbons (Fsp3) is 0.250. The van der Waals surface area contributed by atoms with Crippen LogP contribution in [0, 0.1) is 19.3 Å². The zero-order valence-electron chi connectivity index (χ0n) is 9.92. The smallest absolute Gasteiger partial charge is 0.255 e. The number of fused-ring (bicyclic) bond motifs is 1. The molecule has 88 valence electrons. The molecule has 2 heterocycles. The Hall–Kier alpha value is -2.17. The third kappa shape index (κ3) is 1.80. The minimum atomic E-state index is -0.462. The highest BCUT2D eigenvalue weighted by atomic mass is 16.5. The molecule has 0 spiro atoms. The first-order valence-corrected chi connectivity index (χ1v) is 5.17. The Kier molecular flexibility index (Phi) is 2.67. The van der Waals surface area contributed by atoms with Crippen molar-refractivity contribution in [2.75, 3.05) is 7.11 Å². The lowest BCUT2D eigenvalue weighted by atomic mass is 10.1. The van der Waals surface area contributed by atoms with Crippen LogP contribution in [0.5, 0.6) is 0 Å². The van der Waals surface area contributed by atoms with Gasteiger partial charge >= 0.3 is 0 Å². The molecule has 0 amide bonds. The van der Waals surface area contributed by atoms with Crippen molar-refractivity contribution >= 4 is 22.7 Å². The van der Waals surface area contributed by atoms with Crippen LogP contribution in [0.25, 0.3) is 11.0 Å². The average Bonchev–Trinajstić information content (AvgIpc) is 2.70. The summed E-state index contributed by atoms with van der Waals surface area (Å²) in [6.07, 6.45) is 1.57. The lowest BCUT2D eigenvalue weighted by Gasteiger charge is -2.01. The molecule has 0 aliphatic carbocycles. The number of hydrogen-bond acceptors (Lipinski definition) is 4. The maximum absolute atomic E-state index is 11.9. The van der Waals surface area contributed by atoms with Gasteiger partial charge in [-0.25, -0.2) is 0 Å². The third-order valence-corrected chi connectivity index (χ3v) is 2.62. The molecule has 2 aromatic heterocycles. The lowest BCUT2D eigenvalue weighted by Crippen LogP contribution is -2.14. The molecule has 2 N–H and O–H groups in total. The highest BCUT2D eigenvalue weighted by Crippen LogP contribution is 2.21. The first-order chi connectivity index (χ1) is 8.04. The van der Waals surface area contributed by atoms with E-state index in [9.17, 15) is 4.79 Å². The highest BCUT2D eigenvalue weighted by Gasteiger charge is 2.19. The maximum Gasteiger partial charge on any atom is 0.255 e. The van der Waals surface area contributed by atoms with Crippen molar-refractivity contribution in [2.45, 2.75) is 13.8 Å². The van der Waals surface area contributed by atoms with E-state index in [-0.39, 0.29) is 5.90 Å². The summed E-state index contributed by atoms with van der Waals surface area (Å²) in [5, 5.41) is 7.39. The Morgan fingerprint density at radius 3 is 2.82 bits per heavy atom. The zero-order chi connectivity index (χ0) is 12.6. The van der Waals surface area contributed by atoms with E-state index in [0.717, 1.165) is 16.8 Å². The van der Waals surface area contributed by atoms with Crippen molar-refractivity contribution in [1.29, 1.82) is 5.41 Å². The van der Waals surface area contributed by atoms with Gasteiger partial charge in [0.2, 0.25) is 0 Å². The maximum atomic E-state index is 11.9. The van der Waals surface area contributed by atoms with E-state index in [1.54, 1.807) is 6.20 Å². The fourth-order valence-electron chi connectivity index (χ4n) is 1.81. The van der Waals surface area contributed by atoms with E-state index in [1.165, 1.54) is 7.11 Å². The number of aromatic nitrogens is 2. The number of nitrogens with zero attached hydrogens (tertiary/aromatic N) is 1. The third-order valence-electron chi connectivity index (χ3n) is 2.62. The van der Waals surface area contributed by atoms with E-state index >= 15 is 0 Å². The molecule has 0 fully saturated rings. The second-order valence-electron chi connectivity index (χ2n) is 3.87. The zero-order valence-corrected chi connectivity index (χ0v) is 9.92. The van der Waals surface area contributed by atoms with Crippen molar-refractivity contribution < 1.29 is 9.53 Å². The van der Waals surface area contributed by atoms with Gasteiger partial charge in [0.05, 0.1) is 23.7 Å². The number of hydrogen-bond donors (Lipinski definition) is 2. The highest BCUT2D eigenvalue weighted by molar-refractivity contribution is 6.43. The quantitative estimate of drug-likeness (QED) is 0.471. The van der Waals surface area contributed by atoms with Gasteiger partial charge in [-0.05, 0) is 25.5 Å². The second-order valence-corrected chi connectivity index (χ2v) is 3.87. The fourth-order valence-corrected chi connectivity index (χ4v) is 1.81. The number of carbonyl (C=O) groups excluding carboxylic acids is 1. The predicted octanol–water partition coefficient (Wildman–Crippen LogP) is 1.99. The van der Waals surface area contributed by atoms with Gasteiger partial charge in [0.1, 0.15) is 0 Å². The van der Waals surface area contributed by atoms with Gasteiger partial charge in [-0.2, -0.15) is 0 Å². The van der Waals surface area contributed by atoms with E-state index in [2.05, 4.69) is 14.7 Å². The van der Waals surface area contributed by atoms with Crippen LogP contribution in [-0.2, 0) is 4.74 Å². The minimum absolute atomic E-state index is 0.374. The summed E-state index contributed by atoms with van der Waals surface area (Å²) >= 11 is 0.